The van der Waals surface area contributed by atoms with E-state index in [1.165, 1.54) is 10.8 Å². The lowest BCUT2D eigenvalue weighted by Crippen LogP contribution is -2.48. The van der Waals surface area contributed by atoms with Crippen LogP contribution in [0.5, 0.6) is 0 Å². The summed E-state index contributed by atoms with van der Waals surface area (Å²) >= 11 is 0. The van der Waals surface area contributed by atoms with Crippen LogP contribution in [0.15, 0.2) is 42.5 Å². The van der Waals surface area contributed by atoms with Crippen LogP contribution in [0, 0.1) is 0 Å². The van der Waals surface area contributed by atoms with Gasteiger partial charge >= 0.3 is 0 Å². The fourth-order valence-electron chi connectivity index (χ4n) is 2.64. The van der Waals surface area contributed by atoms with Gasteiger partial charge in [0, 0.05) is 31.9 Å². The van der Waals surface area contributed by atoms with E-state index in [4.69, 9.17) is 0 Å². The minimum absolute atomic E-state index is 0.177. The molecule has 4 heteroatoms. The van der Waals surface area contributed by atoms with Gasteiger partial charge < -0.3 is 15.1 Å². The van der Waals surface area contributed by atoms with E-state index in [0.29, 0.717) is 6.54 Å². The Balaban J connectivity index is 1.59. The maximum absolute atomic E-state index is 12.2. The highest BCUT2D eigenvalue weighted by Gasteiger charge is 2.18. The summed E-state index contributed by atoms with van der Waals surface area (Å²) in [6, 6.07) is 14.4. The standard InChI is InChI=1S/C17H21N3O/c1-19-8-10-20(11-9-19)17(21)13-18-16-7-6-14-4-2-3-5-15(14)12-16/h2-7,12,18H,8-11,13H2,1H3. The summed E-state index contributed by atoms with van der Waals surface area (Å²) in [4.78, 5) is 16.4. The molecule has 1 heterocycles. The van der Waals surface area contributed by atoms with Crippen molar-refractivity contribution in [3.8, 4) is 0 Å². The maximum atomic E-state index is 12.2. The predicted molar refractivity (Wildman–Crippen MR) is 86.5 cm³/mol. The smallest absolute Gasteiger partial charge is 0.241 e. The first-order chi connectivity index (χ1) is 10.2. The third kappa shape index (κ3) is 3.34. The number of fused-ring (bicyclic) bond motifs is 1. The molecular weight excluding hydrogens is 262 g/mol. The summed E-state index contributed by atoms with van der Waals surface area (Å²) in [6.45, 7) is 3.94. The number of anilines is 1. The van der Waals surface area contributed by atoms with Crippen molar-refractivity contribution >= 4 is 22.4 Å². The second-order valence-corrected chi connectivity index (χ2v) is 5.60. The molecule has 2 aromatic carbocycles. The molecular formula is C17H21N3O. The van der Waals surface area contributed by atoms with Crippen molar-refractivity contribution in [2.75, 3.05) is 45.1 Å². The number of benzene rings is 2. The number of amides is 1. The highest BCUT2D eigenvalue weighted by Crippen LogP contribution is 2.18. The van der Waals surface area contributed by atoms with Crippen LogP contribution in [0.25, 0.3) is 10.8 Å². The van der Waals surface area contributed by atoms with Crippen LogP contribution in [0.4, 0.5) is 5.69 Å². The minimum Gasteiger partial charge on any atom is -0.376 e. The molecule has 0 bridgehead atoms. The summed E-state index contributed by atoms with van der Waals surface area (Å²) in [6.07, 6.45) is 0. The van der Waals surface area contributed by atoms with Crippen LogP contribution in [-0.4, -0.2) is 55.5 Å². The summed E-state index contributed by atoms with van der Waals surface area (Å²) in [5, 5.41) is 5.65. The van der Waals surface area contributed by atoms with E-state index in [2.05, 4.69) is 41.5 Å². The molecule has 110 valence electrons. The Labute approximate surface area is 125 Å². The third-order valence-corrected chi connectivity index (χ3v) is 4.05. The van der Waals surface area contributed by atoms with Crippen molar-refractivity contribution in [1.82, 2.24) is 9.80 Å². The fourth-order valence-corrected chi connectivity index (χ4v) is 2.64. The molecule has 0 radical (unpaired) electrons. The van der Waals surface area contributed by atoms with Gasteiger partial charge in [-0.25, -0.2) is 0 Å². The van der Waals surface area contributed by atoms with E-state index < -0.39 is 0 Å². The molecule has 4 nitrogen and oxygen atoms in total. The second kappa shape index (κ2) is 6.14. The quantitative estimate of drug-likeness (QED) is 0.936. The number of carbonyl (C=O) groups excluding carboxylic acids is 1. The predicted octanol–water partition coefficient (Wildman–Crippen LogP) is 2.03. The molecule has 1 amide bonds. The van der Waals surface area contributed by atoms with Crippen LogP contribution in [0.3, 0.4) is 0 Å². The first kappa shape index (κ1) is 13.9. The zero-order chi connectivity index (χ0) is 14.7. The monoisotopic (exact) mass is 283 g/mol. The molecule has 1 aliphatic rings. The van der Waals surface area contributed by atoms with Gasteiger partial charge in [-0.1, -0.05) is 30.3 Å². The van der Waals surface area contributed by atoms with Gasteiger partial charge in [-0.3, -0.25) is 4.79 Å². The number of rotatable bonds is 3. The lowest BCUT2D eigenvalue weighted by molar-refractivity contribution is -0.130. The molecule has 1 saturated heterocycles. The van der Waals surface area contributed by atoms with Crippen LogP contribution in [0.1, 0.15) is 0 Å². The van der Waals surface area contributed by atoms with E-state index >= 15 is 0 Å². The number of piperazine rings is 1. The van der Waals surface area contributed by atoms with Crippen LogP contribution in [0.2, 0.25) is 0 Å². The molecule has 0 aliphatic carbocycles. The number of hydrogen-bond acceptors (Lipinski definition) is 3. The summed E-state index contributed by atoms with van der Waals surface area (Å²) in [5.41, 5.74) is 0.996. The van der Waals surface area contributed by atoms with Crippen LogP contribution < -0.4 is 5.32 Å². The molecule has 0 atom stereocenters. The molecule has 0 unspecified atom stereocenters. The summed E-state index contributed by atoms with van der Waals surface area (Å²) < 4.78 is 0. The number of nitrogens with zero attached hydrogens (tertiary/aromatic N) is 2. The zero-order valence-corrected chi connectivity index (χ0v) is 12.4. The van der Waals surface area contributed by atoms with Gasteiger partial charge in [-0.05, 0) is 30.0 Å². The highest BCUT2D eigenvalue weighted by atomic mass is 16.2. The third-order valence-electron chi connectivity index (χ3n) is 4.05. The van der Waals surface area contributed by atoms with Gasteiger partial charge in [0.05, 0.1) is 6.54 Å². The molecule has 21 heavy (non-hydrogen) atoms. The van der Waals surface area contributed by atoms with E-state index in [9.17, 15) is 4.79 Å². The van der Waals surface area contributed by atoms with Crippen LogP contribution in [-0.2, 0) is 4.79 Å². The zero-order valence-electron chi connectivity index (χ0n) is 12.4. The molecule has 1 aliphatic heterocycles. The molecule has 1 fully saturated rings. The van der Waals surface area contributed by atoms with Gasteiger partial charge in [-0.2, -0.15) is 0 Å². The van der Waals surface area contributed by atoms with Gasteiger partial charge in [-0.15, -0.1) is 0 Å². The summed E-state index contributed by atoms with van der Waals surface area (Å²) in [7, 11) is 2.09. The SMILES string of the molecule is CN1CCN(C(=O)CNc2ccc3ccccc3c2)CC1. The minimum atomic E-state index is 0.177. The Morgan fingerprint density at radius 2 is 1.76 bits per heavy atom. The largest absolute Gasteiger partial charge is 0.376 e. The summed E-state index contributed by atoms with van der Waals surface area (Å²) in [5.74, 6) is 0.177. The topological polar surface area (TPSA) is 35.6 Å². The van der Waals surface area contributed by atoms with Gasteiger partial charge in [0.1, 0.15) is 0 Å². The molecule has 3 rings (SSSR count). The molecule has 0 spiro atoms. The van der Waals surface area contributed by atoms with Crippen LogP contribution >= 0.6 is 0 Å². The lowest BCUT2D eigenvalue weighted by atomic mass is 10.1. The first-order valence-corrected chi connectivity index (χ1v) is 7.41. The second-order valence-electron chi connectivity index (χ2n) is 5.60. The Morgan fingerprint density at radius 3 is 2.52 bits per heavy atom. The van der Waals surface area contributed by atoms with Crippen molar-refractivity contribution in [2.24, 2.45) is 0 Å². The Hall–Kier alpha value is -2.07. The van der Waals surface area contributed by atoms with Gasteiger partial charge in [0.15, 0.2) is 0 Å². The van der Waals surface area contributed by atoms with Gasteiger partial charge in [0.25, 0.3) is 0 Å². The van der Waals surface area contributed by atoms with Crippen molar-refractivity contribution in [3.05, 3.63) is 42.5 Å². The average molecular weight is 283 g/mol. The molecule has 0 aromatic heterocycles. The Morgan fingerprint density at radius 1 is 1.05 bits per heavy atom. The Kier molecular flexibility index (Phi) is 4.06. The number of hydrogen-bond donors (Lipinski definition) is 1. The van der Waals surface area contributed by atoms with E-state index in [1.54, 1.807) is 0 Å². The fraction of sp³-hybridized carbons (Fsp3) is 0.353. The number of likely N-dealkylation sites (N-methyl/N-ethyl adjacent to an activating group) is 1. The maximum Gasteiger partial charge on any atom is 0.241 e. The molecule has 1 N–H and O–H groups in total. The normalized spacial score (nSPS) is 16.1. The highest BCUT2D eigenvalue weighted by molar-refractivity contribution is 5.87. The van der Waals surface area contributed by atoms with Crippen molar-refractivity contribution in [2.45, 2.75) is 0 Å². The van der Waals surface area contributed by atoms with Gasteiger partial charge in [0.2, 0.25) is 5.91 Å². The van der Waals surface area contributed by atoms with Crippen molar-refractivity contribution in [1.29, 1.82) is 0 Å². The van der Waals surface area contributed by atoms with Crippen molar-refractivity contribution in [3.63, 3.8) is 0 Å². The van der Waals surface area contributed by atoms with E-state index in [-0.39, 0.29) is 5.91 Å². The average Bonchev–Trinajstić information content (AvgIpc) is 2.53. The Bertz CT molecular complexity index is 633. The number of carbonyl (C=O) groups is 1. The molecule has 0 saturated carbocycles. The lowest BCUT2D eigenvalue weighted by Gasteiger charge is -2.32. The van der Waals surface area contributed by atoms with E-state index in [0.717, 1.165) is 31.9 Å². The number of nitrogens with one attached hydrogen (secondary N) is 1. The first-order valence-electron chi connectivity index (χ1n) is 7.41. The van der Waals surface area contributed by atoms with E-state index in [1.807, 2.05) is 23.1 Å². The van der Waals surface area contributed by atoms with Crippen molar-refractivity contribution < 1.29 is 4.79 Å². The molecule has 2 aromatic rings.